The van der Waals surface area contributed by atoms with Crippen LogP contribution in [0.25, 0.3) is 0 Å². The largest absolute Gasteiger partial charge is 0.465 e. The Hall–Kier alpha value is -2.29. The van der Waals surface area contributed by atoms with Crippen LogP contribution in [0.3, 0.4) is 0 Å². The molecule has 0 fully saturated rings. The summed E-state index contributed by atoms with van der Waals surface area (Å²) < 4.78 is 29.7. The maximum absolute atomic E-state index is 12.4. The van der Waals surface area contributed by atoms with Crippen molar-refractivity contribution in [2.45, 2.75) is 0 Å². The van der Waals surface area contributed by atoms with E-state index in [4.69, 9.17) is 23.2 Å². The molecule has 2 aromatic rings. The van der Waals surface area contributed by atoms with Gasteiger partial charge in [-0.1, -0.05) is 29.3 Å². The highest BCUT2D eigenvalue weighted by molar-refractivity contribution is 7.92. The van der Waals surface area contributed by atoms with Crippen LogP contribution in [0.4, 0.5) is 11.4 Å². The lowest BCUT2D eigenvalue weighted by atomic mass is 10.2. The minimum atomic E-state index is -3.74. The summed E-state index contributed by atoms with van der Waals surface area (Å²) in [4.78, 5) is 24.0. The van der Waals surface area contributed by atoms with Gasteiger partial charge in [0, 0.05) is 10.7 Å². The Morgan fingerprint density at radius 3 is 2.44 bits per heavy atom. The van der Waals surface area contributed by atoms with E-state index in [0.29, 0.717) is 5.02 Å². The number of hydrogen-bond donors (Lipinski definition) is 1. The first-order chi connectivity index (χ1) is 12.6. The Labute approximate surface area is 166 Å². The molecule has 0 saturated carbocycles. The van der Waals surface area contributed by atoms with Gasteiger partial charge < -0.3 is 10.1 Å². The fourth-order valence-electron chi connectivity index (χ4n) is 2.23. The number of methoxy groups -OCH3 is 1. The number of carbonyl (C=O) groups is 2. The Balaban J connectivity index is 2.23. The van der Waals surface area contributed by atoms with Crippen molar-refractivity contribution in [1.82, 2.24) is 0 Å². The van der Waals surface area contributed by atoms with E-state index in [9.17, 15) is 18.0 Å². The molecule has 2 aromatic carbocycles. The second kappa shape index (κ2) is 8.60. The summed E-state index contributed by atoms with van der Waals surface area (Å²) in [6, 6.07) is 10.4. The summed E-state index contributed by atoms with van der Waals surface area (Å²) >= 11 is 11.8. The van der Waals surface area contributed by atoms with E-state index in [-0.39, 0.29) is 22.0 Å². The molecule has 144 valence electrons. The smallest absolute Gasteiger partial charge is 0.339 e. The zero-order chi connectivity index (χ0) is 20.2. The Morgan fingerprint density at radius 1 is 1.15 bits per heavy atom. The van der Waals surface area contributed by atoms with Crippen molar-refractivity contribution in [3.63, 3.8) is 0 Å². The van der Waals surface area contributed by atoms with E-state index in [0.717, 1.165) is 10.6 Å². The van der Waals surface area contributed by atoms with E-state index in [1.165, 1.54) is 37.4 Å². The molecular formula is C17H16Cl2N2O5S. The Kier molecular flexibility index (Phi) is 6.69. The third-order valence-corrected chi connectivity index (χ3v) is 5.14. The van der Waals surface area contributed by atoms with Crippen molar-refractivity contribution < 1.29 is 22.7 Å². The van der Waals surface area contributed by atoms with Gasteiger partial charge >= 0.3 is 5.97 Å². The zero-order valence-electron chi connectivity index (χ0n) is 14.4. The van der Waals surface area contributed by atoms with E-state index in [1.807, 2.05) is 0 Å². The van der Waals surface area contributed by atoms with Crippen LogP contribution in [0.1, 0.15) is 10.4 Å². The van der Waals surface area contributed by atoms with Crippen molar-refractivity contribution in [2.75, 3.05) is 29.5 Å². The van der Waals surface area contributed by atoms with Gasteiger partial charge in [-0.15, -0.1) is 0 Å². The summed E-state index contributed by atoms with van der Waals surface area (Å²) in [6.45, 7) is -0.477. The highest BCUT2D eigenvalue weighted by Gasteiger charge is 2.21. The molecule has 0 aliphatic rings. The van der Waals surface area contributed by atoms with Crippen LogP contribution in [0.2, 0.25) is 10.0 Å². The number of carbonyl (C=O) groups excluding carboxylic acids is 2. The molecule has 1 amide bonds. The van der Waals surface area contributed by atoms with E-state index in [2.05, 4.69) is 10.1 Å². The number of anilines is 2. The van der Waals surface area contributed by atoms with Crippen LogP contribution in [-0.4, -0.2) is 40.2 Å². The van der Waals surface area contributed by atoms with Gasteiger partial charge in [0.2, 0.25) is 15.9 Å². The number of nitrogens with zero attached hydrogens (tertiary/aromatic N) is 1. The summed E-state index contributed by atoms with van der Waals surface area (Å²) in [5.41, 5.74) is 0.600. The third kappa shape index (κ3) is 5.59. The number of sulfonamides is 1. The van der Waals surface area contributed by atoms with Crippen molar-refractivity contribution in [1.29, 1.82) is 0 Å². The van der Waals surface area contributed by atoms with Crippen LogP contribution >= 0.6 is 23.2 Å². The molecule has 1 N–H and O–H groups in total. The van der Waals surface area contributed by atoms with Gasteiger partial charge in [-0.25, -0.2) is 13.2 Å². The average Bonchev–Trinajstić information content (AvgIpc) is 2.59. The van der Waals surface area contributed by atoms with E-state index >= 15 is 0 Å². The van der Waals surface area contributed by atoms with E-state index < -0.39 is 28.4 Å². The van der Waals surface area contributed by atoms with Gasteiger partial charge in [0.25, 0.3) is 0 Å². The molecule has 0 spiro atoms. The van der Waals surface area contributed by atoms with Crippen LogP contribution in [0.15, 0.2) is 42.5 Å². The van der Waals surface area contributed by atoms with E-state index in [1.54, 1.807) is 12.1 Å². The topological polar surface area (TPSA) is 92.8 Å². The monoisotopic (exact) mass is 430 g/mol. The highest BCUT2D eigenvalue weighted by Crippen LogP contribution is 2.23. The molecule has 10 heteroatoms. The first-order valence-electron chi connectivity index (χ1n) is 7.53. The summed E-state index contributed by atoms with van der Waals surface area (Å²) in [6.07, 6.45) is 0.985. The SMILES string of the molecule is COC(=O)c1cc(NC(=O)CN(c2cccc(Cl)c2)S(C)(=O)=O)ccc1Cl. The molecule has 0 bridgehead atoms. The minimum absolute atomic E-state index is 0.0757. The van der Waals surface area contributed by atoms with Gasteiger partial charge in [-0.3, -0.25) is 9.10 Å². The normalized spacial score (nSPS) is 11.0. The van der Waals surface area contributed by atoms with Gasteiger partial charge in [-0.05, 0) is 36.4 Å². The molecule has 0 aliphatic heterocycles. The maximum atomic E-state index is 12.4. The lowest BCUT2D eigenvalue weighted by Gasteiger charge is -2.22. The van der Waals surface area contributed by atoms with Gasteiger partial charge in [0.1, 0.15) is 6.54 Å². The first-order valence-corrected chi connectivity index (χ1v) is 10.1. The predicted octanol–water partition coefficient (Wildman–Crippen LogP) is 3.18. The Morgan fingerprint density at radius 2 is 1.85 bits per heavy atom. The van der Waals surface area contributed by atoms with Crippen molar-refractivity contribution in [2.24, 2.45) is 0 Å². The summed E-state index contributed by atoms with van der Waals surface area (Å²) in [5, 5.41) is 3.03. The predicted molar refractivity (Wildman–Crippen MR) is 105 cm³/mol. The maximum Gasteiger partial charge on any atom is 0.339 e. The number of ether oxygens (including phenoxy) is 1. The number of amides is 1. The number of rotatable bonds is 6. The molecule has 2 rings (SSSR count). The summed E-state index contributed by atoms with van der Waals surface area (Å²) in [7, 11) is -2.53. The van der Waals surface area contributed by atoms with Crippen molar-refractivity contribution in [3.8, 4) is 0 Å². The molecule has 0 heterocycles. The highest BCUT2D eigenvalue weighted by atomic mass is 35.5. The average molecular weight is 431 g/mol. The second-order valence-corrected chi connectivity index (χ2v) is 8.23. The second-order valence-electron chi connectivity index (χ2n) is 5.48. The molecular weight excluding hydrogens is 415 g/mol. The first kappa shape index (κ1) is 21.0. The molecule has 0 radical (unpaired) electrons. The lowest BCUT2D eigenvalue weighted by Crippen LogP contribution is -2.37. The van der Waals surface area contributed by atoms with Gasteiger partial charge in [0.05, 0.1) is 29.6 Å². The number of benzene rings is 2. The molecule has 0 unspecified atom stereocenters. The Bertz CT molecular complexity index is 979. The molecule has 0 atom stereocenters. The standard InChI is InChI=1S/C17H16Cl2N2O5S/c1-26-17(23)14-9-12(6-7-15(14)19)20-16(22)10-21(27(2,24)25)13-5-3-4-11(18)8-13/h3-9H,10H2,1-2H3,(H,20,22). The summed E-state index contributed by atoms with van der Waals surface area (Å²) in [5.74, 6) is -1.27. The van der Waals surface area contributed by atoms with Crippen LogP contribution < -0.4 is 9.62 Å². The van der Waals surface area contributed by atoms with Crippen LogP contribution in [-0.2, 0) is 19.6 Å². The number of nitrogens with one attached hydrogen (secondary N) is 1. The molecule has 27 heavy (non-hydrogen) atoms. The fraction of sp³-hybridized carbons (Fsp3) is 0.176. The quantitative estimate of drug-likeness (QED) is 0.710. The molecule has 0 aliphatic carbocycles. The van der Waals surface area contributed by atoms with Crippen molar-refractivity contribution in [3.05, 3.63) is 58.1 Å². The fourth-order valence-corrected chi connectivity index (χ4v) is 3.46. The molecule has 7 nitrogen and oxygen atoms in total. The van der Waals surface area contributed by atoms with Crippen molar-refractivity contribution >= 4 is 56.5 Å². The number of halogens is 2. The number of esters is 1. The van der Waals surface area contributed by atoms with Gasteiger partial charge in [0.15, 0.2) is 0 Å². The van der Waals surface area contributed by atoms with Crippen LogP contribution in [0.5, 0.6) is 0 Å². The lowest BCUT2D eigenvalue weighted by molar-refractivity contribution is -0.114. The van der Waals surface area contributed by atoms with Gasteiger partial charge in [-0.2, -0.15) is 0 Å². The molecule has 0 aromatic heterocycles. The van der Waals surface area contributed by atoms with Crippen LogP contribution in [0, 0.1) is 0 Å². The zero-order valence-corrected chi connectivity index (χ0v) is 16.7. The third-order valence-electron chi connectivity index (χ3n) is 3.44. The number of hydrogen-bond acceptors (Lipinski definition) is 5. The molecule has 0 saturated heterocycles. The minimum Gasteiger partial charge on any atom is -0.465 e.